The van der Waals surface area contributed by atoms with Gasteiger partial charge in [0.1, 0.15) is 0 Å². The molecule has 1 heterocycles. The van der Waals surface area contributed by atoms with Crippen LogP contribution in [0, 0.1) is 0 Å². The molecule has 48 valence electrons. The number of rotatable bonds is 0. The van der Waals surface area contributed by atoms with E-state index in [0.717, 1.165) is 19.4 Å². The summed E-state index contributed by atoms with van der Waals surface area (Å²) in [5.41, 5.74) is 0. The van der Waals surface area contributed by atoms with Crippen LogP contribution < -0.4 is 51.4 Å². The zero-order valence-corrected chi connectivity index (χ0v) is 11.8. The maximum absolute atomic E-state index is 8.82. The van der Waals surface area contributed by atoms with Crippen LogP contribution >= 0.6 is 0 Å². The Morgan fingerprint density at radius 2 is 2.11 bits per heavy atom. The van der Waals surface area contributed by atoms with Crippen molar-refractivity contribution < 1.29 is 77.6 Å². The third-order valence-electron chi connectivity index (χ3n) is 1.19. The van der Waals surface area contributed by atoms with Crippen molar-refractivity contribution in [2.24, 2.45) is 0 Å². The van der Waals surface area contributed by atoms with Gasteiger partial charge in [-0.3, -0.25) is 0 Å². The van der Waals surface area contributed by atoms with E-state index in [-0.39, 0.29) is 78.6 Å². The van der Waals surface area contributed by atoms with Gasteiger partial charge in [0.15, 0.2) is 0 Å². The molecule has 0 bridgehead atoms. The van der Waals surface area contributed by atoms with Gasteiger partial charge in [0.2, 0.25) is 0 Å². The van der Waals surface area contributed by atoms with E-state index in [1.165, 1.54) is 0 Å². The Hall–Kier alpha value is 2.24. The molecule has 1 fully saturated rings. The van der Waals surface area contributed by atoms with Gasteiger partial charge in [0.05, 0.1) is 0 Å². The minimum Gasteiger partial charge on any atom is -0.660 e. The van der Waals surface area contributed by atoms with E-state index in [1.54, 1.807) is 0 Å². The first kappa shape index (κ1) is 13.8. The smallest absolute Gasteiger partial charge is 0.660 e. The van der Waals surface area contributed by atoms with Crippen molar-refractivity contribution in [3.05, 3.63) is 5.32 Å². The molecule has 0 saturated carbocycles. The second-order valence-electron chi connectivity index (χ2n) is 1.93. The van der Waals surface area contributed by atoms with Crippen LogP contribution in [0.15, 0.2) is 0 Å². The van der Waals surface area contributed by atoms with Crippen LogP contribution in [0.1, 0.15) is 12.8 Å². The topological polar surface area (TPSA) is 34.3 Å². The van der Waals surface area contributed by atoms with Crippen molar-refractivity contribution in [1.29, 1.82) is 0 Å². The summed E-state index contributed by atoms with van der Waals surface area (Å²) >= 11 is 0. The molecule has 1 aliphatic rings. The molecule has 0 aromatic rings. The third kappa shape index (κ3) is 6.64. The maximum Gasteiger partial charge on any atom is 1.00 e. The predicted molar refractivity (Wildman–Crippen MR) is 28.3 cm³/mol. The molecule has 1 aliphatic heterocycles. The predicted octanol–water partition coefficient (Wildman–Crippen LogP) is -2.48. The Labute approximate surface area is 113 Å². The summed E-state index contributed by atoms with van der Waals surface area (Å²) in [5, 5.41) is 12.8. The Bertz CT molecular complexity index is 58.9. The van der Waals surface area contributed by atoms with E-state index in [9.17, 15) is 0 Å². The Kier molecular flexibility index (Phi) is 12.8. The maximum atomic E-state index is 8.82. The van der Waals surface area contributed by atoms with E-state index >= 15 is 0 Å². The second-order valence-corrected chi connectivity index (χ2v) is 1.93. The normalized spacial score (nSPS) is 25.7. The van der Waals surface area contributed by atoms with Crippen LogP contribution in [0.2, 0.25) is 0 Å². The molecule has 9 heavy (non-hydrogen) atoms. The van der Waals surface area contributed by atoms with Crippen molar-refractivity contribution in [2.45, 2.75) is 18.9 Å². The molecule has 0 aromatic carbocycles. The summed E-state index contributed by atoms with van der Waals surface area (Å²) in [7, 11) is 0. The van der Waals surface area contributed by atoms with Gasteiger partial charge in [-0.2, -0.15) is 0 Å². The van der Waals surface area contributed by atoms with Crippen molar-refractivity contribution >= 4 is 0 Å². The molecule has 0 amide bonds. The molecule has 2 nitrogen and oxygen atoms in total. The summed E-state index contributed by atoms with van der Waals surface area (Å²) in [6.07, 6.45) is 1.89. The number of hydrogen-bond acceptors (Lipinski definition) is 1. The fourth-order valence-electron chi connectivity index (χ4n) is 0.770. The SMILES string of the molecule is OC1CCC[N-]C1.[K+].[W]. The number of aliphatic hydroxyl groups excluding tert-OH is 1. The summed E-state index contributed by atoms with van der Waals surface area (Å²) in [6, 6.07) is 0. The van der Waals surface area contributed by atoms with E-state index in [1.807, 2.05) is 0 Å². The third-order valence-corrected chi connectivity index (χ3v) is 1.19. The molecular weight excluding hydrogens is 313 g/mol. The second kappa shape index (κ2) is 8.34. The molecule has 0 aromatic heterocycles. The van der Waals surface area contributed by atoms with Gasteiger partial charge in [-0.25, -0.2) is 0 Å². The summed E-state index contributed by atoms with van der Waals surface area (Å²) in [6.45, 7) is 1.62. The van der Waals surface area contributed by atoms with Gasteiger partial charge >= 0.3 is 51.4 Å². The quantitative estimate of drug-likeness (QED) is 0.492. The molecule has 0 aliphatic carbocycles. The Morgan fingerprint density at radius 3 is 2.33 bits per heavy atom. The number of aliphatic hydroxyl groups is 1. The zero-order chi connectivity index (χ0) is 5.11. The van der Waals surface area contributed by atoms with Gasteiger partial charge < -0.3 is 10.4 Å². The summed E-state index contributed by atoms with van der Waals surface area (Å²) < 4.78 is 0. The van der Waals surface area contributed by atoms with Crippen molar-refractivity contribution in [2.75, 3.05) is 13.1 Å². The molecule has 1 atom stereocenters. The van der Waals surface area contributed by atoms with E-state index in [2.05, 4.69) is 5.32 Å². The molecule has 1 N–H and O–H groups in total. The molecule has 1 unspecified atom stereocenters. The molecule has 1 rings (SSSR count). The molecule has 0 radical (unpaired) electrons. The van der Waals surface area contributed by atoms with Gasteiger partial charge in [-0.05, 0) is 6.42 Å². The monoisotopic (exact) mass is 323 g/mol. The fraction of sp³-hybridized carbons (Fsp3) is 1.00. The zero-order valence-electron chi connectivity index (χ0n) is 5.71. The van der Waals surface area contributed by atoms with Crippen molar-refractivity contribution in [1.82, 2.24) is 0 Å². The van der Waals surface area contributed by atoms with E-state index < -0.39 is 0 Å². The molecule has 1 saturated heterocycles. The molecule has 0 spiro atoms. The van der Waals surface area contributed by atoms with Crippen LogP contribution in [0.25, 0.3) is 5.32 Å². The van der Waals surface area contributed by atoms with Crippen LogP contribution in [0.5, 0.6) is 0 Å². The first-order chi connectivity index (χ1) is 3.39. The first-order valence-electron chi connectivity index (χ1n) is 2.71. The van der Waals surface area contributed by atoms with Crippen LogP contribution in [0.3, 0.4) is 0 Å². The van der Waals surface area contributed by atoms with Gasteiger partial charge in [-0.15, -0.1) is 13.1 Å². The minimum absolute atomic E-state index is 0. The minimum atomic E-state index is -0.131. The number of hydrogen-bond donors (Lipinski definition) is 1. The van der Waals surface area contributed by atoms with E-state index in [0.29, 0.717) is 6.54 Å². The Balaban J connectivity index is 0. The van der Waals surface area contributed by atoms with Crippen molar-refractivity contribution in [3.8, 4) is 0 Å². The van der Waals surface area contributed by atoms with Crippen LogP contribution in [-0.2, 0) is 21.1 Å². The summed E-state index contributed by atoms with van der Waals surface area (Å²) in [5.74, 6) is 0. The number of nitrogens with zero attached hydrogens (tertiary/aromatic N) is 1. The van der Waals surface area contributed by atoms with E-state index in [4.69, 9.17) is 5.11 Å². The van der Waals surface area contributed by atoms with Gasteiger partial charge in [0.25, 0.3) is 0 Å². The largest absolute Gasteiger partial charge is 1.00 e. The summed E-state index contributed by atoms with van der Waals surface area (Å²) in [4.78, 5) is 0. The van der Waals surface area contributed by atoms with Gasteiger partial charge in [0, 0.05) is 27.2 Å². The number of piperidine rings is 1. The first-order valence-corrected chi connectivity index (χ1v) is 2.71. The van der Waals surface area contributed by atoms with Crippen molar-refractivity contribution in [3.63, 3.8) is 0 Å². The van der Waals surface area contributed by atoms with Crippen LogP contribution in [-0.4, -0.2) is 24.3 Å². The van der Waals surface area contributed by atoms with Crippen LogP contribution in [0.4, 0.5) is 0 Å². The molecule has 4 heteroatoms. The average molecular weight is 323 g/mol. The average Bonchev–Trinajstić information content (AvgIpc) is 1.69. The molecular formula is C5H10KNOW. The standard InChI is InChI=1S/C5H10NO.K.W/c7-5-2-1-3-6-4-5;;/h5,7H,1-4H2;;/q-1;+1;. The Morgan fingerprint density at radius 1 is 1.44 bits per heavy atom. The van der Waals surface area contributed by atoms with Gasteiger partial charge in [-0.1, -0.05) is 6.42 Å². The fourth-order valence-corrected chi connectivity index (χ4v) is 0.770.